The van der Waals surface area contributed by atoms with Crippen LogP contribution in [-0.4, -0.2) is 16.0 Å². The van der Waals surface area contributed by atoms with E-state index in [9.17, 15) is 15.0 Å². The molecule has 0 spiro atoms. The average Bonchev–Trinajstić information content (AvgIpc) is 2.11. The highest BCUT2D eigenvalue weighted by molar-refractivity contribution is 5.97. The molecule has 3 nitrogen and oxygen atoms in total. The van der Waals surface area contributed by atoms with Crippen LogP contribution in [-0.2, 0) is 6.42 Å². The molecule has 0 amide bonds. The van der Waals surface area contributed by atoms with E-state index in [0.29, 0.717) is 12.0 Å². The van der Waals surface area contributed by atoms with Crippen molar-refractivity contribution in [2.75, 3.05) is 0 Å². The molecule has 3 heteroatoms. The van der Waals surface area contributed by atoms with Crippen molar-refractivity contribution in [1.82, 2.24) is 0 Å². The lowest BCUT2D eigenvalue weighted by Gasteiger charge is -2.08. The van der Waals surface area contributed by atoms with E-state index >= 15 is 0 Å². The molecule has 15 heavy (non-hydrogen) atoms. The van der Waals surface area contributed by atoms with Gasteiger partial charge in [-0.1, -0.05) is 20.8 Å². The molecule has 0 aliphatic carbocycles. The van der Waals surface area contributed by atoms with Gasteiger partial charge in [0.15, 0.2) is 5.78 Å². The molecular weight excluding hydrogens is 192 g/mol. The van der Waals surface area contributed by atoms with Crippen LogP contribution in [0.3, 0.4) is 0 Å². The molecule has 1 rings (SSSR count). The first-order valence-corrected chi connectivity index (χ1v) is 4.62. The van der Waals surface area contributed by atoms with E-state index in [4.69, 9.17) is 0 Å². The lowest BCUT2D eigenvalue weighted by molar-refractivity contribution is 0.101. The van der Waals surface area contributed by atoms with Gasteiger partial charge in [0.1, 0.15) is 11.5 Å². The number of phenolic OH excluding ortho intramolecular Hbond substituents is 2. The van der Waals surface area contributed by atoms with Crippen molar-refractivity contribution < 1.29 is 15.0 Å². The number of hydrogen-bond acceptors (Lipinski definition) is 3. The summed E-state index contributed by atoms with van der Waals surface area (Å²) < 4.78 is 0. The number of benzene rings is 1. The summed E-state index contributed by atoms with van der Waals surface area (Å²) in [5.41, 5.74) is 0.728. The van der Waals surface area contributed by atoms with E-state index in [-0.39, 0.29) is 30.3 Å². The minimum absolute atomic E-state index is 0. The smallest absolute Gasteiger partial charge is 0.163 e. The summed E-state index contributed by atoms with van der Waals surface area (Å²) in [5.74, 6) is -0.228. The van der Waals surface area contributed by atoms with Crippen molar-refractivity contribution in [3.05, 3.63) is 23.3 Å². The van der Waals surface area contributed by atoms with E-state index in [1.807, 2.05) is 6.92 Å². The van der Waals surface area contributed by atoms with Crippen LogP contribution in [0.15, 0.2) is 12.1 Å². The Hall–Kier alpha value is -1.51. The summed E-state index contributed by atoms with van der Waals surface area (Å²) in [6.45, 7) is 3.33. The minimum Gasteiger partial charge on any atom is -0.508 e. The van der Waals surface area contributed by atoms with Crippen molar-refractivity contribution in [3.63, 3.8) is 0 Å². The molecule has 0 atom stereocenters. The molecule has 0 saturated carbocycles. The zero-order valence-electron chi connectivity index (χ0n) is 8.37. The molecule has 0 unspecified atom stereocenters. The Balaban J connectivity index is 0.00000196. The normalized spacial score (nSPS) is 9.47. The molecule has 0 aliphatic heterocycles. The van der Waals surface area contributed by atoms with Crippen LogP contribution < -0.4 is 0 Å². The van der Waals surface area contributed by atoms with E-state index in [2.05, 4.69) is 0 Å². The number of carbonyl (C=O) groups is 1. The van der Waals surface area contributed by atoms with E-state index in [1.165, 1.54) is 19.1 Å². The molecule has 0 aliphatic rings. The zero-order valence-corrected chi connectivity index (χ0v) is 8.37. The maximum absolute atomic E-state index is 11.1. The van der Waals surface area contributed by atoms with E-state index < -0.39 is 0 Å². The molecule has 2 N–H and O–H groups in total. The second-order valence-corrected chi connectivity index (χ2v) is 3.27. The first-order chi connectivity index (χ1) is 6.57. The molecule has 0 saturated heterocycles. The van der Waals surface area contributed by atoms with Crippen LogP contribution in [0.5, 0.6) is 11.5 Å². The van der Waals surface area contributed by atoms with Crippen molar-refractivity contribution >= 4 is 5.78 Å². The lowest BCUT2D eigenvalue weighted by atomic mass is 10.0. The average molecular weight is 210 g/mol. The van der Waals surface area contributed by atoms with Crippen LogP contribution in [0.25, 0.3) is 0 Å². The highest BCUT2D eigenvalue weighted by atomic mass is 16.3. The van der Waals surface area contributed by atoms with Crippen LogP contribution in [0.2, 0.25) is 0 Å². The Bertz CT molecular complexity index is 356. The molecule has 0 radical (unpaired) electrons. The van der Waals surface area contributed by atoms with Gasteiger partial charge in [-0.3, -0.25) is 4.79 Å². The maximum atomic E-state index is 11.1. The van der Waals surface area contributed by atoms with Crippen molar-refractivity contribution in [2.24, 2.45) is 0 Å². The Morgan fingerprint density at radius 3 is 2.40 bits per heavy atom. The standard InChI is InChI=1S/C11H14O3.CH4/c1-3-4-9-10(13)6-5-8(7(2)12)11(9)14;/h5-6,13-14H,3-4H2,1-2H3;1H4. The van der Waals surface area contributed by atoms with Gasteiger partial charge in [-0.15, -0.1) is 0 Å². The molecular formula is C12H18O3. The van der Waals surface area contributed by atoms with Crippen LogP contribution in [0, 0.1) is 0 Å². The largest absolute Gasteiger partial charge is 0.508 e. The van der Waals surface area contributed by atoms with Crippen LogP contribution in [0.1, 0.15) is 43.6 Å². The number of hydrogen-bond donors (Lipinski definition) is 2. The number of carbonyl (C=O) groups excluding carboxylic acids is 1. The van der Waals surface area contributed by atoms with Gasteiger partial charge >= 0.3 is 0 Å². The van der Waals surface area contributed by atoms with Gasteiger partial charge in [0.25, 0.3) is 0 Å². The topological polar surface area (TPSA) is 57.5 Å². The van der Waals surface area contributed by atoms with Gasteiger partial charge < -0.3 is 10.2 Å². The Morgan fingerprint density at radius 2 is 1.93 bits per heavy atom. The van der Waals surface area contributed by atoms with Gasteiger partial charge in [-0.2, -0.15) is 0 Å². The maximum Gasteiger partial charge on any atom is 0.163 e. The van der Waals surface area contributed by atoms with Gasteiger partial charge in [-0.05, 0) is 25.5 Å². The molecule has 1 aromatic rings. The van der Waals surface area contributed by atoms with Crippen molar-refractivity contribution in [3.8, 4) is 11.5 Å². The first-order valence-electron chi connectivity index (χ1n) is 4.62. The van der Waals surface area contributed by atoms with Crippen LogP contribution in [0.4, 0.5) is 0 Å². The fourth-order valence-corrected chi connectivity index (χ4v) is 1.41. The van der Waals surface area contributed by atoms with Gasteiger partial charge in [0.05, 0.1) is 5.56 Å². The number of phenols is 2. The van der Waals surface area contributed by atoms with E-state index in [1.54, 1.807) is 0 Å². The molecule has 0 fully saturated rings. The Morgan fingerprint density at radius 1 is 1.33 bits per heavy atom. The Kier molecular flexibility index (Phi) is 4.85. The third-order valence-electron chi connectivity index (χ3n) is 2.14. The monoisotopic (exact) mass is 210 g/mol. The second kappa shape index (κ2) is 5.39. The summed E-state index contributed by atoms with van der Waals surface area (Å²) in [7, 11) is 0. The lowest BCUT2D eigenvalue weighted by Crippen LogP contribution is -1.96. The summed E-state index contributed by atoms with van der Waals surface area (Å²) in [5, 5.41) is 19.1. The summed E-state index contributed by atoms with van der Waals surface area (Å²) in [6, 6.07) is 2.88. The van der Waals surface area contributed by atoms with Crippen LogP contribution >= 0.6 is 0 Å². The second-order valence-electron chi connectivity index (χ2n) is 3.27. The molecule has 0 heterocycles. The highest BCUT2D eigenvalue weighted by Crippen LogP contribution is 2.31. The number of Topliss-reactive ketones (excluding diaryl/α,β-unsaturated/α-hetero) is 1. The quantitative estimate of drug-likeness (QED) is 0.754. The number of ketones is 1. The third-order valence-corrected chi connectivity index (χ3v) is 2.14. The fourth-order valence-electron chi connectivity index (χ4n) is 1.41. The molecule has 0 aromatic heterocycles. The van der Waals surface area contributed by atoms with Crippen molar-refractivity contribution in [2.45, 2.75) is 34.1 Å². The number of aromatic hydroxyl groups is 2. The summed E-state index contributed by atoms with van der Waals surface area (Å²) >= 11 is 0. The minimum atomic E-state index is -0.195. The predicted octanol–water partition coefficient (Wildman–Crippen LogP) is 2.89. The summed E-state index contributed by atoms with van der Waals surface area (Å²) in [6.07, 6.45) is 1.38. The molecule has 84 valence electrons. The zero-order chi connectivity index (χ0) is 10.7. The van der Waals surface area contributed by atoms with E-state index in [0.717, 1.165) is 6.42 Å². The number of rotatable bonds is 3. The highest BCUT2D eigenvalue weighted by Gasteiger charge is 2.13. The molecule has 0 bridgehead atoms. The van der Waals surface area contributed by atoms with Crippen molar-refractivity contribution in [1.29, 1.82) is 0 Å². The Labute approximate surface area is 90.4 Å². The SMILES string of the molecule is C.CCCc1c(O)ccc(C(C)=O)c1O. The fraction of sp³-hybridized carbons (Fsp3) is 0.417. The third kappa shape index (κ3) is 2.72. The van der Waals surface area contributed by atoms with Gasteiger partial charge in [0, 0.05) is 5.56 Å². The van der Waals surface area contributed by atoms with Gasteiger partial charge in [0.2, 0.25) is 0 Å². The molecule has 1 aromatic carbocycles. The van der Waals surface area contributed by atoms with Gasteiger partial charge in [-0.25, -0.2) is 0 Å². The summed E-state index contributed by atoms with van der Waals surface area (Å²) in [4.78, 5) is 11.1. The first kappa shape index (κ1) is 13.5. The predicted molar refractivity (Wildman–Crippen MR) is 60.5 cm³/mol.